The molecule has 12 heteroatoms. The van der Waals surface area contributed by atoms with Crippen LogP contribution in [0.25, 0.3) is 6.08 Å². The number of likely N-dealkylation sites (tertiary alicyclic amines) is 2. The molecule has 7 rings (SSSR count). The van der Waals surface area contributed by atoms with Gasteiger partial charge in [-0.3, -0.25) is 28.8 Å². The summed E-state index contributed by atoms with van der Waals surface area (Å²) in [6, 6.07) is 20.8. The fourth-order valence-electron chi connectivity index (χ4n) is 10.2. The molecule has 12 nitrogen and oxygen atoms in total. The van der Waals surface area contributed by atoms with Gasteiger partial charge in [0.05, 0.1) is 18.1 Å². The molecule has 346 valence electrons. The quantitative estimate of drug-likeness (QED) is 0.127. The number of hydrogen-bond donors (Lipinski definition) is 4. The summed E-state index contributed by atoms with van der Waals surface area (Å²) in [6.45, 7) is 6.23. The van der Waals surface area contributed by atoms with Crippen LogP contribution in [-0.2, 0) is 48.0 Å². The summed E-state index contributed by atoms with van der Waals surface area (Å²) in [7, 11) is 1.69. The molecule has 0 spiro atoms. The molecule has 3 aromatic rings. The number of ketones is 1. The fourth-order valence-corrected chi connectivity index (χ4v) is 10.2. The van der Waals surface area contributed by atoms with Gasteiger partial charge in [-0.2, -0.15) is 0 Å². The van der Waals surface area contributed by atoms with E-state index in [0.29, 0.717) is 38.8 Å². The number of benzene rings is 3. The molecule has 65 heavy (non-hydrogen) atoms. The van der Waals surface area contributed by atoms with Gasteiger partial charge in [0.1, 0.15) is 18.1 Å². The largest absolute Gasteiger partial charge is 0.347 e. The third-order valence-electron chi connectivity index (χ3n) is 14.1. The van der Waals surface area contributed by atoms with Crippen molar-refractivity contribution in [2.24, 2.45) is 5.92 Å². The van der Waals surface area contributed by atoms with Crippen LogP contribution in [0, 0.1) is 5.92 Å². The lowest BCUT2D eigenvalue weighted by atomic mass is 9.79. The van der Waals surface area contributed by atoms with E-state index < -0.39 is 30.2 Å². The number of Topliss-reactive ketones (excluding diaryl/α,β-unsaturated/α-hetero) is 1. The minimum absolute atomic E-state index is 0.0847. The van der Waals surface area contributed by atoms with Gasteiger partial charge in [-0.25, -0.2) is 0 Å². The molecule has 2 aliphatic heterocycles. The lowest BCUT2D eigenvalue weighted by Crippen LogP contribution is -2.55. The van der Waals surface area contributed by atoms with E-state index in [-0.39, 0.29) is 66.0 Å². The highest BCUT2D eigenvalue weighted by Crippen LogP contribution is 2.36. The van der Waals surface area contributed by atoms with Crippen molar-refractivity contribution in [1.29, 1.82) is 0 Å². The van der Waals surface area contributed by atoms with Gasteiger partial charge in [-0.15, -0.1) is 0 Å². The van der Waals surface area contributed by atoms with Crippen molar-refractivity contribution in [3.63, 3.8) is 0 Å². The Kier molecular flexibility index (Phi) is 16.1. The molecule has 2 saturated heterocycles. The maximum atomic E-state index is 14.3. The normalized spacial score (nSPS) is 21.9. The van der Waals surface area contributed by atoms with Crippen molar-refractivity contribution >= 4 is 41.4 Å². The second-order valence-corrected chi connectivity index (χ2v) is 18.9. The van der Waals surface area contributed by atoms with Crippen LogP contribution in [-0.4, -0.2) is 95.5 Å². The Hall–Kier alpha value is -5.62. The summed E-state index contributed by atoms with van der Waals surface area (Å²) in [6.07, 6.45) is 13.1. The minimum atomic E-state index is -0.857. The van der Waals surface area contributed by atoms with E-state index >= 15 is 0 Å². The van der Waals surface area contributed by atoms with Gasteiger partial charge in [-0.1, -0.05) is 98.8 Å². The molecule has 0 aromatic heterocycles. The predicted octanol–water partition coefficient (Wildman–Crippen LogP) is 6.12. The molecule has 5 amide bonds. The molecule has 0 radical (unpaired) electrons. The summed E-state index contributed by atoms with van der Waals surface area (Å²) in [5.41, 5.74) is 6.64. The molecule has 3 aromatic carbocycles. The van der Waals surface area contributed by atoms with Crippen molar-refractivity contribution in [1.82, 2.24) is 31.1 Å². The molecular formula is C53H68N6O6. The molecule has 2 heterocycles. The number of hydrogen-bond acceptors (Lipinski definition) is 7. The number of nitrogens with zero attached hydrogens (tertiary/aromatic N) is 2. The molecule has 0 saturated carbocycles. The number of nitrogens with one attached hydrogen (secondary N) is 4. The topological polar surface area (TPSA) is 157 Å². The molecule has 2 aliphatic carbocycles. The van der Waals surface area contributed by atoms with Crippen LogP contribution in [0.5, 0.6) is 0 Å². The Morgan fingerprint density at radius 3 is 1.97 bits per heavy atom. The van der Waals surface area contributed by atoms with E-state index in [4.69, 9.17) is 0 Å². The SMILES string of the molecule is CN[C@@H](C)C(=O)N[C@@H](C/C=C/c1ccc(C[C@H](NC(=O)C(C)C)C(=O)N2CCC[C@H]2C(=O)N[C@@H]2CCCc3ccccc32)cc1)C(=O)N1CCC[C@H]1C(=O)C[C@@H]1CCCc2ccccc21. The Morgan fingerprint density at radius 1 is 0.677 bits per heavy atom. The molecule has 2 fully saturated rings. The average molecular weight is 885 g/mol. The summed E-state index contributed by atoms with van der Waals surface area (Å²) in [4.78, 5) is 85.8. The number of aryl methyl sites for hydroxylation is 2. The highest BCUT2D eigenvalue weighted by atomic mass is 16.2. The lowest BCUT2D eigenvalue weighted by Gasteiger charge is -2.32. The minimum Gasteiger partial charge on any atom is -0.347 e. The standard InChI is InChI=1S/C53H68N6O6/c1-34(2)49(61)57-45(53(65)59-31-13-25-47(59)51(63)55-43-22-11-18-39-16-6-8-21-42(39)43)32-37-28-26-36(27-29-37)14-9-23-44(56-50(62)35(3)54-4)52(64)58-30-12-24-46(58)48(60)33-40-19-10-17-38-15-5-7-20-41(38)40/h5-9,14-16,20-21,26-29,34-35,40,43-47,54H,10-13,17-19,22-25,30-33H2,1-4H3,(H,55,63)(H,56,62)(H,57,61)/b14-9+/t35-,40-,43+,44-,45-,46-,47-/m0/s1. The number of fused-ring (bicyclic) bond motifs is 2. The average Bonchev–Trinajstić information content (AvgIpc) is 4.03. The van der Waals surface area contributed by atoms with Crippen molar-refractivity contribution < 1.29 is 28.8 Å². The van der Waals surface area contributed by atoms with E-state index in [2.05, 4.69) is 51.6 Å². The first kappa shape index (κ1) is 47.3. The highest BCUT2D eigenvalue weighted by molar-refractivity contribution is 5.95. The van der Waals surface area contributed by atoms with E-state index in [1.807, 2.05) is 54.6 Å². The maximum Gasteiger partial charge on any atom is 0.246 e. The van der Waals surface area contributed by atoms with Gasteiger partial charge in [0.25, 0.3) is 0 Å². The summed E-state index contributed by atoms with van der Waals surface area (Å²) in [5.74, 6) is -1.30. The molecule has 4 N–H and O–H groups in total. The number of carbonyl (C=O) groups excluding carboxylic acids is 6. The highest BCUT2D eigenvalue weighted by Gasteiger charge is 2.40. The Labute approximate surface area is 384 Å². The first-order valence-electron chi connectivity index (χ1n) is 24.0. The Balaban J connectivity index is 1.00. The summed E-state index contributed by atoms with van der Waals surface area (Å²) < 4.78 is 0. The number of rotatable bonds is 17. The first-order valence-corrected chi connectivity index (χ1v) is 24.0. The summed E-state index contributed by atoms with van der Waals surface area (Å²) >= 11 is 0. The van der Waals surface area contributed by atoms with E-state index in [9.17, 15) is 28.8 Å². The second-order valence-electron chi connectivity index (χ2n) is 18.9. The van der Waals surface area contributed by atoms with Gasteiger partial charge < -0.3 is 31.1 Å². The molecule has 7 atom stereocenters. The maximum absolute atomic E-state index is 14.3. The van der Waals surface area contributed by atoms with Crippen molar-refractivity contribution in [2.45, 2.75) is 146 Å². The van der Waals surface area contributed by atoms with Gasteiger partial charge in [-0.05, 0) is 124 Å². The smallest absolute Gasteiger partial charge is 0.246 e. The fraction of sp³-hybridized carbons (Fsp3) is 0.509. The van der Waals surface area contributed by atoms with Crippen LogP contribution >= 0.6 is 0 Å². The Morgan fingerprint density at radius 2 is 1.28 bits per heavy atom. The van der Waals surface area contributed by atoms with Crippen LogP contribution in [0.2, 0.25) is 0 Å². The Bertz CT molecular complexity index is 2220. The zero-order chi connectivity index (χ0) is 46.0. The van der Waals surface area contributed by atoms with E-state index in [0.717, 1.165) is 61.6 Å². The van der Waals surface area contributed by atoms with Gasteiger partial charge in [0.15, 0.2) is 5.78 Å². The zero-order valence-corrected chi connectivity index (χ0v) is 38.7. The number of carbonyl (C=O) groups is 6. The number of amides is 5. The third kappa shape index (κ3) is 11.6. The van der Waals surface area contributed by atoms with Gasteiger partial charge >= 0.3 is 0 Å². The molecule has 0 unspecified atom stereocenters. The van der Waals surface area contributed by atoms with E-state index in [1.54, 1.807) is 37.6 Å². The zero-order valence-electron chi connectivity index (χ0n) is 38.7. The third-order valence-corrected chi connectivity index (χ3v) is 14.1. The van der Waals surface area contributed by atoms with Crippen LogP contribution in [0.15, 0.2) is 78.9 Å². The number of likely N-dealkylation sites (N-methyl/N-ethyl adjacent to an activating group) is 1. The van der Waals surface area contributed by atoms with Crippen molar-refractivity contribution in [3.05, 3.63) is 112 Å². The van der Waals surface area contributed by atoms with Crippen LogP contribution in [0.3, 0.4) is 0 Å². The monoisotopic (exact) mass is 885 g/mol. The lowest BCUT2D eigenvalue weighted by molar-refractivity contribution is -0.142. The second kappa shape index (κ2) is 22.0. The van der Waals surface area contributed by atoms with Crippen LogP contribution in [0.4, 0.5) is 0 Å². The van der Waals surface area contributed by atoms with Crippen LogP contribution in [0.1, 0.15) is 130 Å². The van der Waals surface area contributed by atoms with Crippen molar-refractivity contribution in [3.8, 4) is 0 Å². The van der Waals surface area contributed by atoms with E-state index in [1.165, 1.54) is 16.7 Å². The predicted molar refractivity (Wildman–Crippen MR) is 252 cm³/mol. The molecule has 0 bridgehead atoms. The summed E-state index contributed by atoms with van der Waals surface area (Å²) in [5, 5.41) is 12.1. The van der Waals surface area contributed by atoms with Crippen molar-refractivity contribution in [2.75, 3.05) is 20.1 Å². The first-order chi connectivity index (χ1) is 31.4. The molecule has 4 aliphatic rings. The van der Waals surface area contributed by atoms with Crippen LogP contribution < -0.4 is 21.3 Å². The van der Waals surface area contributed by atoms with Gasteiger partial charge in [0, 0.05) is 31.8 Å². The van der Waals surface area contributed by atoms with Gasteiger partial charge in [0.2, 0.25) is 29.5 Å². The molecular weight excluding hydrogens is 817 g/mol.